The number of anilines is 1. The minimum Gasteiger partial charge on any atom is -0.444 e. The van der Waals surface area contributed by atoms with Crippen LogP contribution in [-0.2, 0) is 27.9 Å². The number of nitrogens with one attached hydrogen (secondary N) is 1. The highest BCUT2D eigenvalue weighted by Gasteiger charge is 2.61. The first kappa shape index (κ1) is 33.4. The van der Waals surface area contributed by atoms with Crippen LogP contribution in [0.2, 0.25) is 0 Å². The van der Waals surface area contributed by atoms with Crippen LogP contribution in [0.25, 0.3) is 11.6 Å². The molecule has 3 aromatic rings. The van der Waals surface area contributed by atoms with E-state index in [1.807, 2.05) is 0 Å². The highest BCUT2D eigenvalue weighted by molar-refractivity contribution is 5.97. The highest BCUT2D eigenvalue weighted by Crippen LogP contribution is 2.46. The lowest BCUT2D eigenvalue weighted by Gasteiger charge is -2.31. The first-order valence-corrected chi connectivity index (χ1v) is 13.5. The van der Waals surface area contributed by atoms with E-state index in [0.717, 1.165) is 11.0 Å². The molecule has 2 amide bonds. The normalized spacial score (nSPS) is 18.0. The van der Waals surface area contributed by atoms with E-state index in [0.29, 0.717) is 11.6 Å². The molecule has 2 aromatic heterocycles. The molecule has 242 valence electrons. The van der Waals surface area contributed by atoms with Crippen LogP contribution in [0.5, 0.6) is 0 Å². The molecular formula is C29H29F6N5O5. The molecule has 0 saturated heterocycles. The smallest absolute Gasteiger partial charge is 0.426 e. The summed E-state index contributed by atoms with van der Waals surface area (Å²) >= 11 is 0. The number of alkyl halides is 6. The molecule has 0 saturated carbocycles. The largest absolute Gasteiger partial charge is 0.444 e. The summed E-state index contributed by atoms with van der Waals surface area (Å²) in [5.41, 5.74) is -7.89. The summed E-state index contributed by atoms with van der Waals surface area (Å²) in [6.45, 7) is 3.82. The van der Waals surface area contributed by atoms with Crippen molar-refractivity contribution in [3.8, 4) is 11.6 Å². The van der Waals surface area contributed by atoms with Gasteiger partial charge in [0.2, 0.25) is 5.60 Å². The quantitative estimate of drug-likeness (QED) is 0.242. The zero-order valence-electron chi connectivity index (χ0n) is 24.5. The average molecular weight is 642 g/mol. The molecule has 45 heavy (non-hydrogen) atoms. The van der Waals surface area contributed by atoms with E-state index in [-0.39, 0.29) is 13.0 Å². The van der Waals surface area contributed by atoms with Gasteiger partial charge in [-0.1, -0.05) is 42.5 Å². The number of hydrogen-bond acceptors (Lipinski definition) is 8. The molecule has 0 spiro atoms. The van der Waals surface area contributed by atoms with E-state index >= 15 is 0 Å². The number of carbonyl (C=O) groups excluding carboxylic acids is 2. The molecule has 0 radical (unpaired) electrons. The lowest BCUT2D eigenvalue weighted by atomic mass is 9.97. The maximum absolute atomic E-state index is 14.9. The molecule has 1 aliphatic heterocycles. The number of fused-ring (bicyclic) bond motifs is 5. The van der Waals surface area contributed by atoms with Crippen molar-refractivity contribution in [2.45, 2.75) is 63.8 Å². The maximum Gasteiger partial charge on any atom is 0.426 e. The van der Waals surface area contributed by atoms with Crippen molar-refractivity contribution in [3.63, 3.8) is 0 Å². The Morgan fingerprint density at radius 1 is 1.04 bits per heavy atom. The molecule has 1 unspecified atom stereocenters. The molecular weight excluding hydrogens is 612 g/mol. The van der Waals surface area contributed by atoms with Crippen LogP contribution in [0.1, 0.15) is 61.1 Å². The van der Waals surface area contributed by atoms with Crippen molar-refractivity contribution >= 4 is 17.7 Å². The van der Waals surface area contributed by atoms with Crippen LogP contribution < -0.4 is 5.32 Å². The number of aromatic nitrogens is 3. The first-order valence-electron chi connectivity index (χ1n) is 13.5. The molecule has 4 bridgehead atoms. The molecule has 3 heterocycles. The van der Waals surface area contributed by atoms with E-state index in [1.165, 1.54) is 33.9 Å². The number of pyridine rings is 1. The fourth-order valence-electron chi connectivity index (χ4n) is 4.27. The van der Waals surface area contributed by atoms with Crippen LogP contribution in [-0.4, -0.2) is 57.5 Å². The second-order valence-corrected chi connectivity index (χ2v) is 11.1. The maximum atomic E-state index is 14.9. The summed E-state index contributed by atoms with van der Waals surface area (Å²) in [6, 6.07) is 8.41. The summed E-state index contributed by atoms with van der Waals surface area (Å²) in [4.78, 5) is 30.5. The summed E-state index contributed by atoms with van der Waals surface area (Å²) in [5, 5.41) is 9.33. The Balaban J connectivity index is 1.94. The average Bonchev–Trinajstić information content (AvgIpc) is 3.42. The molecule has 4 rings (SSSR count). The standard InChI is InChI=1S/C29H29F6N5O5/c1-26(2,3)45-25(42)36-19-15-18(28(30,31)32)20-23(41)40(4)14-10-6-9-13-27(29(33,34)35,43-16-17-11-7-5-8-12-17)24-39-38-22(44-24)21(19)37-20/h5-9,11-12,15H,10,13-14,16H2,1-4H3,(H,36,42). The molecule has 1 N–H and O–H groups in total. The molecule has 10 nitrogen and oxygen atoms in total. The minimum atomic E-state index is -5.14. The summed E-state index contributed by atoms with van der Waals surface area (Å²) < 4.78 is 103. The van der Waals surface area contributed by atoms with Crippen molar-refractivity contribution < 1.29 is 49.8 Å². The van der Waals surface area contributed by atoms with Crippen LogP contribution in [0.4, 0.5) is 36.8 Å². The van der Waals surface area contributed by atoms with Crippen molar-refractivity contribution in [3.05, 3.63) is 71.3 Å². The van der Waals surface area contributed by atoms with Gasteiger partial charge < -0.3 is 18.8 Å². The van der Waals surface area contributed by atoms with Gasteiger partial charge in [0.25, 0.3) is 17.7 Å². The Labute approximate surface area is 253 Å². The second-order valence-electron chi connectivity index (χ2n) is 11.1. The zero-order valence-corrected chi connectivity index (χ0v) is 24.5. The van der Waals surface area contributed by atoms with Crippen molar-refractivity contribution in [1.29, 1.82) is 0 Å². The Bertz CT molecular complexity index is 1570. The molecule has 0 fully saturated rings. The molecule has 1 aromatic carbocycles. The van der Waals surface area contributed by atoms with Crippen LogP contribution in [0.15, 0.2) is 53.0 Å². The topological polar surface area (TPSA) is 120 Å². The first-order chi connectivity index (χ1) is 20.9. The van der Waals surface area contributed by atoms with E-state index in [2.05, 4.69) is 20.5 Å². The van der Waals surface area contributed by atoms with Gasteiger partial charge in [0.1, 0.15) is 11.3 Å². The molecule has 1 aliphatic rings. The Hall–Kier alpha value is -4.47. The van der Waals surface area contributed by atoms with Gasteiger partial charge in [-0.2, -0.15) is 26.3 Å². The second kappa shape index (κ2) is 12.5. The SMILES string of the molecule is CN1CCC=CCC(OCc2ccccc2)(C(F)(F)F)c2nnc(o2)-c2nc(c(C(F)(F)F)cc2NC(=O)OC(C)(C)C)C1=O. The number of hydrogen-bond donors (Lipinski definition) is 1. The van der Waals surface area contributed by atoms with Gasteiger partial charge in [-0.15, -0.1) is 10.2 Å². The third-order valence-corrected chi connectivity index (χ3v) is 6.47. The Morgan fingerprint density at radius 2 is 1.73 bits per heavy atom. The van der Waals surface area contributed by atoms with E-state index < -0.39 is 83.0 Å². The Morgan fingerprint density at radius 3 is 2.36 bits per heavy atom. The number of ether oxygens (including phenoxy) is 2. The van der Waals surface area contributed by atoms with E-state index in [9.17, 15) is 35.9 Å². The van der Waals surface area contributed by atoms with Crippen molar-refractivity contribution in [2.75, 3.05) is 18.9 Å². The third-order valence-electron chi connectivity index (χ3n) is 6.47. The van der Waals surface area contributed by atoms with Gasteiger partial charge in [-0.3, -0.25) is 10.1 Å². The van der Waals surface area contributed by atoms with Gasteiger partial charge in [-0.25, -0.2) is 9.78 Å². The van der Waals surface area contributed by atoms with E-state index in [4.69, 9.17) is 13.9 Å². The number of benzene rings is 1. The highest BCUT2D eigenvalue weighted by atomic mass is 19.4. The number of carbonyl (C=O) groups is 2. The van der Waals surface area contributed by atoms with Crippen molar-refractivity contribution in [1.82, 2.24) is 20.1 Å². The fourth-order valence-corrected chi connectivity index (χ4v) is 4.27. The van der Waals surface area contributed by atoms with Crippen molar-refractivity contribution in [2.24, 2.45) is 0 Å². The van der Waals surface area contributed by atoms with Gasteiger partial charge in [0.15, 0.2) is 5.69 Å². The summed E-state index contributed by atoms with van der Waals surface area (Å²) in [5.74, 6) is -3.04. The lowest BCUT2D eigenvalue weighted by Crippen LogP contribution is -2.45. The predicted molar refractivity (Wildman–Crippen MR) is 147 cm³/mol. The third kappa shape index (κ3) is 7.61. The Kier molecular flexibility index (Phi) is 9.28. The lowest BCUT2D eigenvalue weighted by molar-refractivity contribution is -0.295. The fraction of sp³-hybridized carbons (Fsp3) is 0.414. The van der Waals surface area contributed by atoms with Gasteiger partial charge in [0.05, 0.1) is 17.9 Å². The number of amides is 2. The predicted octanol–water partition coefficient (Wildman–Crippen LogP) is 6.89. The number of halogens is 6. The monoisotopic (exact) mass is 641 g/mol. The van der Waals surface area contributed by atoms with E-state index in [1.54, 1.807) is 30.3 Å². The molecule has 16 heteroatoms. The summed E-state index contributed by atoms with van der Waals surface area (Å²) in [7, 11) is 1.21. The van der Waals surface area contributed by atoms with Crippen LogP contribution in [0.3, 0.4) is 0 Å². The molecule has 1 atom stereocenters. The van der Waals surface area contributed by atoms with Gasteiger partial charge >= 0.3 is 18.4 Å². The van der Waals surface area contributed by atoms with Gasteiger partial charge in [0, 0.05) is 20.0 Å². The number of rotatable bonds is 4. The minimum absolute atomic E-state index is 0.0174. The number of nitrogens with zero attached hydrogens (tertiary/aromatic N) is 4. The molecule has 0 aliphatic carbocycles. The zero-order chi connectivity index (χ0) is 33.2. The van der Waals surface area contributed by atoms with Crippen LogP contribution in [0, 0.1) is 0 Å². The van der Waals surface area contributed by atoms with Crippen LogP contribution >= 0.6 is 0 Å². The van der Waals surface area contributed by atoms with Gasteiger partial charge in [-0.05, 0) is 38.8 Å². The summed E-state index contributed by atoms with van der Waals surface area (Å²) in [6.07, 6.45) is -9.84.